The fourth-order valence-electron chi connectivity index (χ4n) is 7.24. The van der Waals surface area contributed by atoms with Gasteiger partial charge in [-0.1, -0.05) is 106 Å². The van der Waals surface area contributed by atoms with E-state index < -0.39 is 35.4 Å². The average molecular weight is 885 g/mol. The van der Waals surface area contributed by atoms with Crippen LogP contribution in [0.3, 0.4) is 0 Å². The van der Waals surface area contributed by atoms with Gasteiger partial charge in [0.1, 0.15) is 0 Å². The molecule has 0 bridgehead atoms. The number of hydrogen-bond acceptors (Lipinski definition) is 6. The molecule has 0 spiro atoms. The van der Waals surface area contributed by atoms with Crippen LogP contribution in [0.25, 0.3) is 0 Å². The highest BCUT2D eigenvalue weighted by molar-refractivity contribution is 6.46. The van der Waals surface area contributed by atoms with Gasteiger partial charge in [-0.2, -0.15) is 0 Å². The summed E-state index contributed by atoms with van der Waals surface area (Å²) in [6.45, 7) is 0. The maximum atomic E-state index is 13.4. The zero-order chi connectivity index (χ0) is 40.9. The Labute approximate surface area is 358 Å². The van der Waals surface area contributed by atoms with Gasteiger partial charge in [-0.3, -0.25) is 28.8 Å². The molecule has 3 aliphatic heterocycles. The van der Waals surface area contributed by atoms with Crippen LogP contribution in [0.15, 0.2) is 109 Å². The minimum Gasteiger partial charge on any atom is -0.268 e. The highest BCUT2D eigenvalue weighted by Crippen LogP contribution is 2.40. The number of halogens is 6. The molecule has 6 aromatic rings. The zero-order valence-electron chi connectivity index (χ0n) is 29.0. The molecule has 0 saturated carbocycles. The van der Waals surface area contributed by atoms with E-state index in [-0.39, 0.29) is 63.5 Å². The lowest BCUT2D eigenvalue weighted by Crippen LogP contribution is -2.29. The third-order valence-corrected chi connectivity index (χ3v) is 12.2. The van der Waals surface area contributed by atoms with Crippen LogP contribution >= 0.6 is 69.6 Å². The number of nitrogens with zero attached hydrogens (tertiary/aromatic N) is 3. The molecule has 0 aliphatic carbocycles. The Bertz CT molecular complexity index is 2450. The first-order valence-corrected chi connectivity index (χ1v) is 19.3. The van der Waals surface area contributed by atoms with Crippen LogP contribution in [-0.2, 0) is 0 Å². The molecule has 283 valence electrons. The van der Waals surface area contributed by atoms with Crippen LogP contribution in [0.5, 0.6) is 0 Å². The van der Waals surface area contributed by atoms with Crippen molar-refractivity contribution in [1.29, 1.82) is 0 Å². The van der Waals surface area contributed by atoms with Crippen LogP contribution in [0.4, 0.5) is 17.1 Å². The van der Waals surface area contributed by atoms with E-state index in [0.717, 1.165) is 14.7 Å². The van der Waals surface area contributed by atoms with Crippen molar-refractivity contribution < 1.29 is 28.8 Å². The van der Waals surface area contributed by atoms with E-state index in [1.807, 2.05) is 0 Å². The molecule has 6 amide bonds. The van der Waals surface area contributed by atoms with Crippen molar-refractivity contribution in [1.82, 2.24) is 0 Å². The Morgan fingerprint density at radius 2 is 0.466 bits per heavy atom. The maximum Gasteiger partial charge on any atom is 0.266 e. The topological polar surface area (TPSA) is 112 Å². The second kappa shape index (κ2) is 14.1. The molecule has 9 nitrogen and oxygen atoms in total. The Balaban J connectivity index is 1.07. The first-order valence-electron chi connectivity index (χ1n) is 17.0. The third-order valence-electron chi connectivity index (χ3n) is 10.0. The Kier molecular flexibility index (Phi) is 9.24. The Morgan fingerprint density at radius 1 is 0.293 bits per heavy atom. The third kappa shape index (κ3) is 5.92. The van der Waals surface area contributed by atoms with Crippen molar-refractivity contribution in [3.63, 3.8) is 0 Å². The normalized spacial score (nSPS) is 14.6. The number of benzene rings is 6. The lowest BCUT2D eigenvalue weighted by atomic mass is 9.85. The fraction of sp³-hybridized carbons (Fsp3) is 0. The number of anilines is 3. The number of fused-ring (bicyclic) bond motifs is 3. The summed E-state index contributed by atoms with van der Waals surface area (Å²) in [4.78, 5) is 83.4. The van der Waals surface area contributed by atoms with Crippen molar-refractivity contribution in [2.75, 3.05) is 14.7 Å². The molecule has 0 saturated heterocycles. The van der Waals surface area contributed by atoms with Gasteiger partial charge in [0.15, 0.2) is 0 Å². The molecule has 3 aliphatic rings. The molecular weight excluding hydrogens is 867 g/mol. The number of amides is 6. The van der Waals surface area contributed by atoms with Crippen LogP contribution in [-0.4, -0.2) is 35.4 Å². The van der Waals surface area contributed by atoms with E-state index >= 15 is 0 Å². The summed E-state index contributed by atoms with van der Waals surface area (Å²) in [5.41, 5.74) is 3.58. The summed E-state index contributed by atoms with van der Waals surface area (Å²) in [7, 11) is 0. The van der Waals surface area contributed by atoms with E-state index in [4.69, 9.17) is 69.6 Å². The molecular formula is C43H18Cl6N3O6. The van der Waals surface area contributed by atoms with E-state index in [1.54, 1.807) is 72.8 Å². The lowest BCUT2D eigenvalue weighted by Gasteiger charge is -2.22. The van der Waals surface area contributed by atoms with Crippen molar-refractivity contribution in [3.8, 4) is 0 Å². The number of imide groups is 3. The monoisotopic (exact) mass is 882 g/mol. The van der Waals surface area contributed by atoms with Crippen LogP contribution in [0.2, 0.25) is 30.1 Å². The van der Waals surface area contributed by atoms with Gasteiger partial charge in [0, 0.05) is 0 Å². The standard InChI is InChI=1S/C43H18Cl6N3O6/c44-31-13-25-26(14-32(31)45)39(54)50(38(25)53)22-7-1-19(2-8-22)37(20-3-9-23(10-4-20)51-40(55)27-15-33(46)34(47)16-28(27)41(51)56)21-5-11-24(12-6-21)52-42(57)29-17-35(48)36(49)18-30(29)43(52)58/h1-18H. The Hall–Kier alpha value is -5.52. The largest absolute Gasteiger partial charge is 0.268 e. The van der Waals surface area contributed by atoms with Gasteiger partial charge in [0.05, 0.1) is 86.5 Å². The average Bonchev–Trinajstić information content (AvgIpc) is 3.70. The summed E-state index contributed by atoms with van der Waals surface area (Å²) < 4.78 is 0. The number of rotatable bonds is 6. The summed E-state index contributed by atoms with van der Waals surface area (Å²) in [6, 6.07) is 28.3. The molecule has 15 heteroatoms. The van der Waals surface area contributed by atoms with Gasteiger partial charge in [-0.05, 0) is 89.5 Å². The van der Waals surface area contributed by atoms with E-state index in [1.165, 1.54) is 36.4 Å². The molecule has 0 fully saturated rings. The Morgan fingerprint density at radius 3 is 0.638 bits per heavy atom. The van der Waals surface area contributed by atoms with Gasteiger partial charge in [0.25, 0.3) is 35.4 Å². The molecule has 0 unspecified atom stereocenters. The smallest absolute Gasteiger partial charge is 0.266 e. The van der Waals surface area contributed by atoms with Crippen molar-refractivity contribution in [2.45, 2.75) is 0 Å². The molecule has 0 N–H and O–H groups in total. The van der Waals surface area contributed by atoms with Gasteiger partial charge < -0.3 is 0 Å². The summed E-state index contributed by atoms with van der Waals surface area (Å²) in [5.74, 6) is -2.70. The number of carbonyl (C=O) groups excluding carboxylic acids is 6. The molecule has 0 atom stereocenters. The first kappa shape index (κ1) is 38.0. The predicted octanol–water partition coefficient (Wildman–Crippen LogP) is 11.0. The minimum absolute atomic E-state index is 0.129. The van der Waals surface area contributed by atoms with Gasteiger partial charge in [-0.15, -0.1) is 0 Å². The van der Waals surface area contributed by atoms with E-state index in [2.05, 4.69) is 0 Å². The highest BCUT2D eigenvalue weighted by Gasteiger charge is 2.40. The maximum absolute atomic E-state index is 13.4. The summed E-state index contributed by atoms with van der Waals surface area (Å²) in [6.07, 6.45) is 0. The first-order chi connectivity index (χ1) is 27.7. The van der Waals surface area contributed by atoms with Crippen molar-refractivity contribution in [2.24, 2.45) is 0 Å². The van der Waals surface area contributed by atoms with Gasteiger partial charge in [0.2, 0.25) is 0 Å². The number of hydrogen-bond donors (Lipinski definition) is 0. The SMILES string of the molecule is O=C1c2cc(Cl)c(Cl)cc2C(=O)N1c1ccc([C](c2ccc(N3C(=O)c4cc(Cl)c(Cl)cc4C3=O)cc2)c2ccc(N3C(=O)c4cc(Cl)c(Cl)cc4C3=O)cc2)cc1. The fourth-order valence-corrected chi connectivity index (χ4v) is 8.22. The summed E-state index contributed by atoms with van der Waals surface area (Å²) in [5, 5.41) is 0.854. The molecule has 9 rings (SSSR count). The molecule has 0 aromatic heterocycles. The predicted molar refractivity (Wildman–Crippen MR) is 223 cm³/mol. The van der Waals surface area contributed by atoms with E-state index in [9.17, 15) is 28.8 Å². The van der Waals surface area contributed by atoms with Gasteiger partial charge >= 0.3 is 0 Å². The quantitative estimate of drug-likeness (QED) is 0.122. The van der Waals surface area contributed by atoms with E-state index in [0.29, 0.717) is 39.7 Å². The van der Waals surface area contributed by atoms with Gasteiger partial charge in [-0.25, -0.2) is 14.7 Å². The van der Waals surface area contributed by atoms with Crippen LogP contribution in [0, 0.1) is 5.92 Å². The highest BCUT2D eigenvalue weighted by atomic mass is 35.5. The van der Waals surface area contributed by atoms with Crippen molar-refractivity contribution in [3.05, 3.63) is 195 Å². The molecule has 1 radical (unpaired) electrons. The zero-order valence-corrected chi connectivity index (χ0v) is 33.5. The number of carbonyl (C=O) groups is 6. The van der Waals surface area contributed by atoms with Crippen LogP contribution in [0.1, 0.15) is 78.8 Å². The second-order valence-corrected chi connectivity index (χ2v) is 15.7. The van der Waals surface area contributed by atoms with Crippen molar-refractivity contribution >= 4 is 122 Å². The lowest BCUT2D eigenvalue weighted by molar-refractivity contribution is 0.0910. The minimum atomic E-state index is -0.558. The molecule has 58 heavy (non-hydrogen) atoms. The molecule has 3 heterocycles. The van der Waals surface area contributed by atoms with Crippen LogP contribution < -0.4 is 14.7 Å². The molecule has 6 aromatic carbocycles. The second-order valence-electron chi connectivity index (χ2n) is 13.3. The summed E-state index contributed by atoms with van der Waals surface area (Å²) >= 11 is 36.9.